The van der Waals surface area contributed by atoms with Gasteiger partial charge in [0.2, 0.25) is 5.75 Å². The first kappa shape index (κ1) is 21.7. The van der Waals surface area contributed by atoms with Gasteiger partial charge in [-0.1, -0.05) is 0 Å². The lowest BCUT2D eigenvalue weighted by molar-refractivity contribution is 0.288. The number of methoxy groups -OCH3 is 2. The van der Waals surface area contributed by atoms with Gasteiger partial charge in [0.25, 0.3) is 0 Å². The number of nitrogens with one attached hydrogen (secondary N) is 1. The molecule has 25 heavy (non-hydrogen) atoms. The summed E-state index contributed by atoms with van der Waals surface area (Å²) in [5, 5.41) is 3.37. The molecule has 6 nitrogen and oxygen atoms in total. The Morgan fingerprint density at radius 1 is 1.12 bits per heavy atom. The summed E-state index contributed by atoms with van der Waals surface area (Å²) < 4.78 is 16.6. The fourth-order valence-corrected chi connectivity index (χ4v) is 2.83. The fraction of sp³-hybridized carbons (Fsp3) is 0.611. The first-order valence-electron chi connectivity index (χ1n) is 8.64. The van der Waals surface area contributed by atoms with Gasteiger partial charge >= 0.3 is 0 Å². The second-order valence-electron chi connectivity index (χ2n) is 5.63. The zero-order valence-electron chi connectivity index (χ0n) is 15.6. The molecule has 1 aromatic rings. The van der Waals surface area contributed by atoms with Crippen LogP contribution in [-0.2, 0) is 6.54 Å². The van der Waals surface area contributed by atoms with Crippen molar-refractivity contribution >= 4 is 29.9 Å². The van der Waals surface area contributed by atoms with Gasteiger partial charge in [-0.3, -0.25) is 0 Å². The van der Waals surface area contributed by atoms with Gasteiger partial charge in [0.1, 0.15) is 0 Å². The molecule has 0 radical (unpaired) electrons. The van der Waals surface area contributed by atoms with E-state index in [9.17, 15) is 0 Å². The predicted molar refractivity (Wildman–Crippen MR) is 112 cm³/mol. The molecule has 1 saturated heterocycles. The molecular formula is C18H30IN3O3. The summed E-state index contributed by atoms with van der Waals surface area (Å²) >= 11 is 0. The van der Waals surface area contributed by atoms with Crippen molar-refractivity contribution in [1.29, 1.82) is 0 Å². The molecule has 1 fully saturated rings. The second kappa shape index (κ2) is 11.3. The molecular weight excluding hydrogens is 433 g/mol. The standard InChI is InChI=1S/C18H29N3O3.HI/c1-5-19-18(21-9-7-8-10-21)20-13-14-11-15(22-3)17(24-6-2)16(12-14)23-4;/h11-12H,5-10,13H2,1-4H3,(H,19,20);1H. The molecule has 7 heteroatoms. The van der Waals surface area contributed by atoms with Crippen LogP contribution in [0.25, 0.3) is 0 Å². The van der Waals surface area contributed by atoms with Crippen LogP contribution in [0, 0.1) is 0 Å². The van der Waals surface area contributed by atoms with E-state index in [1.807, 2.05) is 19.1 Å². The molecule has 142 valence electrons. The van der Waals surface area contributed by atoms with Crippen molar-refractivity contribution in [1.82, 2.24) is 10.2 Å². The van der Waals surface area contributed by atoms with Crippen LogP contribution in [0.3, 0.4) is 0 Å². The molecule has 1 aromatic carbocycles. The molecule has 0 amide bonds. The van der Waals surface area contributed by atoms with E-state index in [1.165, 1.54) is 12.8 Å². The Balaban J connectivity index is 0.00000312. The average Bonchev–Trinajstić information content (AvgIpc) is 3.13. The SMILES string of the molecule is CCNC(=NCc1cc(OC)c(OCC)c(OC)c1)N1CCCC1.I. The van der Waals surface area contributed by atoms with Crippen LogP contribution in [0.4, 0.5) is 0 Å². The van der Waals surface area contributed by atoms with E-state index in [0.717, 1.165) is 31.2 Å². The highest BCUT2D eigenvalue weighted by atomic mass is 127. The fourth-order valence-electron chi connectivity index (χ4n) is 2.83. The lowest BCUT2D eigenvalue weighted by Gasteiger charge is -2.21. The number of hydrogen-bond donors (Lipinski definition) is 1. The normalized spacial score (nSPS) is 14.1. The Labute approximate surface area is 167 Å². The predicted octanol–water partition coefficient (Wildman–Crippen LogP) is 3.28. The number of benzene rings is 1. The zero-order valence-corrected chi connectivity index (χ0v) is 18.0. The van der Waals surface area contributed by atoms with Gasteiger partial charge < -0.3 is 24.4 Å². The van der Waals surface area contributed by atoms with E-state index in [-0.39, 0.29) is 24.0 Å². The minimum atomic E-state index is 0. The molecule has 0 saturated carbocycles. The third kappa shape index (κ3) is 5.83. The molecule has 0 spiro atoms. The summed E-state index contributed by atoms with van der Waals surface area (Å²) in [5.41, 5.74) is 1.03. The quantitative estimate of drug-likeness (QED) is 0.382. The maximum atomic E-state index is 5.64. The van der Waals surface area contributed by atoms with Crippen molar-refractivity contribution in [3.8, 4) is 17.2 Å². The van der Waals surface area contributed by atoms with Gasteiger partial charge in [-0.05, 0) is 44.4 Å². The Morgan fingerprint density at radius 3 is 2.20 bits per heavy atom. The van der Waals surface area contributed by atoms with Crippen molar-refractivity contribution in [3.05, 3.63) is 17.7 Å². The number of halogens is 1. The molecule has 0 atom stereocenters. The molecule has 2 rings (SSSR count). The summed E-state index contributed by atoms with van der Waals surface area (Å²) in [6, 6.07) is 3.93. The molecule has 0 unspecified atom stereocenters. The maximum absolute atomic E-state index is 5.64. The smallest absolute Gasteiger partial charge is 0.203 e. The number of nitrogens with zero attached hydrogens (tertiary/aromatic N) is 2. The monoisotopic (exact) mass is 463 g/mol. The van der Waals surface area contributed by atoms with E-state index in [2.05, 4.69) is 17.1 Å². The Bertz CT molecular complexity index is 535. The molecule has 1 aliphatic rings. The van der Waals surface area contributed by atoms with Gasteiger partial charge in [-0.25, -0.2) is 4.99 Å². The van der Waals surface area contributed by atoms with Gasteiger partial charge in [-0.2, -0.15) is 0 Å². The Hall–Kier alpha value is -1.38. The summed E-state index contributed by atoms with van der Waals surface area (Å²) in [4.78, 5) is 7.08. The Kier molecular flexibility index (Phi) is 9.77. The van der Waals surface area contributed by atoms with E-state index in [0.29, 0.717) is 30.4 Å². The minimum Gasteiger partial charge on any atom is -0.493 e. The van der Waals surface area contributed by atoms with Crippen molar-refractivity contribution in [2.75, 3.05) is 40.5 Å². The molecule has 0 bridgehead atoms. The molecule has 0 aliphatic carbocycles. The van der Waals surface area contributed by atoms with Crippen LogP contribution in [-0.4, -0.2) is 51.3 Å². The first-order chi connectivity index (χ1) is 11.7. The van der Waals surface area contributed by atoms with Crippen molar-refractivity contribution in [2.45, 2.75) is 33.2 Å². The lowest BCUT2D eigenvalue weighted by atomic mass is 10.2. The number of guanidine groups is 1. The molecule has 0 aromatic heterocycles. The van der Waals surface area contributed by atoms with E-state index in [1.54, 1.807) is 14.2 Å². The summed E-state index contributed by atoms with van der Waals surface area (Å²) in [5.74, 6) is 2.96. The number of likely N-dealkylation sites (tertiary alicyclic amines) is 1. The van der Waals surface area contributed by atoms with Crippen LogP contribution < -0.4 is 19.5 Å². The van der Waals surface area contributed by atoms with Crippen molar-refractivity contribution in [2.24, 2.45) is 4.99 Å². The highest BCUT2D eigenvalue weighted by Gasteiger charge is 2.17. The summed E-state index contributed by atoms with van der Waals surface area (Å²) in [6.07, 6.45) is 2.46. The molecule has 1 aliphatic heterocycles. The summed E-state index contributed by atoms with van der Waals surface area (Å²) in [7, 11) is 3.28. The van der Waals surface area contributed by atoms with Gasteiger partial charge in [-0.15, -0.1) is 24.0 Å². The van der Waals surface area contributed by atoms with Crippen LogP contribution in [0.5, 0.6) is 17.2 Å². The number of ether oxygens (including phenoxy) is 3. The highest BCUT2D eigenvalue weighted by molar-refractivity contribution is 14.0. The first-order valence-corrected chi connectivity index (χ1v) is 8.64. The second-order valence-corrected chi connectivity index (χ2v) is 5.63. The van der Waals surface area contributed by atoms with Gasteiger partial charge in [0.05, 0.1) is 27.4 Å². The number of aliphatic imine (C=N–C) groups is 1. The molecule has 1 heterocycles. The Morgan fingerprint density at radius 2 is 1.72 bits per heavy atom. The van der Waals surface area contributed by atoms with Gasteiger partial charge in [0, 0.05) is 19.6 Å². The summed E-state index contributed by atoms with van der Waals surface area (Å²) in [6.45, 7) is 8.17. The van der Waals surface area contributed by atoms with E-state index in [4.69, 9.17) is 19.2 Å². The van der Waals surface area contributed by atoms with Crippen molar-refractivity contribution in [3.63, 3.8) is 0 Å². The maximum Gasteiger partial charge on any atom is 0.203 e. The van der Waals surface area contributed by atoms with Crippen LogP contribution in [0.15, 0.2) is 17.1 Å². The largest absolute Gasteiger partial charge is 0.493 e. The van der Waals surface area contributed by atoms with Gasteiger partial charge in [0.15, 0.2) is 17.5 Å². The van der Waals surface area contributed by atoms with Crippen LogP contribution in [0.2, 0.25) is 0 Å². The van der Waals surface area contributed by atoms with E-state index < -0.39 is 0 Å². The molecule has 1 N–H and O–H groups in total. The third-order valence-corrected chi connectivity index (χ3v) is 3.96. The number of rotatable bonds is 7. The third-order valence-electron chi connectivity index (χ3n) is 3.96. The average molecular weight is 463 g/mol. The number of hydrogen-bond acceptors (Lipinski definition) is 4. The van der Waals surface area contributed by atoms with Crippen molar-refractivity contribution < 1.29 is 14.2 Å². The topological polar surface area (TPSA) is 55.3 Å². The minimum absolute atomic E-state index is 0. The van der Waals surface area contributed by atoms with Crippen LogP contribution in [0.1, 0.15) is 32.3 Å². The van der Waals surface area contributed by atoms with E-state index >= 15 is 0 Å². The van der Waals surface area contributed by atoms with Crippen LogP contribution >= 0.6 is 24.0 Å². The zero-order chi connectivity index (χ0) is 17.4. The lowest BCUT2D eigenvalue weighted by Crippen LogP contribution is -2.39. The highest BCUT2D eigenvalue weighted by Crippen LogP contribution is 2.38.